The van der Waals surface area contributed by atoms with Crippen molar-refractivity contribution >= 4 is 27.5 Å². The van der Waals surface area contributed by atoms with E-state index in [9.17, 15) is 0 Å². The van der Waals surface area contributed by atoms with Crippen LogP contribution in [0.5, 0.6) is 11.5 Å². The summed E-state index contributed by atoms with van der Waals surface area (Å²) in [5.74, 6) is 1.78. The first-order valence-electron chi connectivity index (χ1n) is 6.28. The van der Waals surface area contributed by atoms with Crippen molar-refractivity contribution in [3.8, 4) is 11.5 Å². The Morgan fingerprint density at radius 2 is 2.05 bits per heavy atom. The van der Waals surface area contributed by atoms with Gasteiger partial charge in [0, 0.05) is 16.2 Å². The predicted molar refractivity (Wildman–Crippen MR) is 83.4 cm³/mol. The fourth-order valence-electron chi connectivity index (χ4n) is 1.74. The van der Waals surface area contributed by atoms with Gasteiger partial charge in [0.1, 0.15) is 6.61 Å². The van der Waals surface area contributed by atoms with Crippen molar-refractivity contribution in [1.82, 2.24) is 4.98 Å². The molecule has 0 aliphatic heterocycles. The summed E-state index contributed by atoms with van der Waals surface area (Å²) < 4.78 is 12.4. The van der Waals surface area contributed by atoms with Crippen molar-refractivity contribution in [3.05, 3.63) is 52.3 Å². The normalized spacial score (nSPS) is 10.3. The molecule has 0 aliphatic carbocycles. The van der Waals surface area contributed by atoms with Crippen LogP contribution >= 0.6 is 27.5 Å². The van der Waals surface area contributed by atoms with Crippen LogP contribution < -0.4 is 9.47 Å². The van der Waals surface area contributed by atoms with Gasteiger partial charge in [-0.3, -0.25) is 4.98 Å². The number of nitrogens with zero attached hydrogens (tertiary/aromatic N) is 1. The zero-order valence-corrected chi connectivity index (χ0v) is 13.4. The van der Waals surface area contributed by atoms with Gasteiger partial charge in [-0.05, 0) is 41.1 Å². The molecule has 0 bridgehead atoms. The van der Waals surface area contributed by atoms with E-state index in [0.29, 0.717) is 30.6 Å². The summed E-state index contributed by atoms with van der Waals surface area (Å²) in [5.41, 5.74) is 1.76. The zero-order chi connectivity index (χ0) is 14.4. The maximum absolute atomic E-state index is 5.95. The fraction of sp³-hybridized carbons (Fsp3) is 0.267. The van der Waals surface area contributed by atoms with Gasteiger partial charge >= 0.3 is 0 Å². The van der Waals surface area contributed by atoms with Crippen LogP contribution in [0.3, 0.4) is 0 Å². The van der Waals surface area contributed by atoms with Gasteiger partial charge in [0.15, 0.2) is 11.5 Å². The number of ether oxygens (including phenoxy) is 2. The number of halogens is 2. The predicted octanol–water partition coefficient (Wildman–Crippen LogP) is 4.56. The molecule has 20 heavy (non-hydrogen) atoms. The number of rotatable bonds is 6. The molecule has 2 aromatic rings. The van der Waals surface area contributed by atoms with Gasteiger partial charge in [0.2, 0.25) is 0 Å². The van der Waals surface area contributed by atoms with Gasteiger partial charge < -0.3 is 9.47 Å². The van der Waals surface area contributed by atoms with Gasteiger partial charge in [-0.2, -0.15) is 0 Å². The van der Waals surface area contributed by atoms with Crippen molar-refractivity contribution in [2.45, 2.75) is 19.4 Å². The molecule has 106 valence electrons. The highest BCUT2D eigenvalue weighted by Gasteiger charge is 2.10. The molecule has 3 nitrogen and oxygen atoms in total. The highest BCUT2D eigenvalue weighted by molar-refractivity contribution is 9.10. The Bertz CT molecular complexity index is 560. The van der Waals surface area contributed by atoms with Gasteiger partial charge in [0.05, 0.1) is 18.2 Å². The summed E-state index contributed by atoms with van der Waals surface area (Å²) in [6.07, 6.45) is 1.75. The largest absolute Gasteiger partial charge is 0.490 e. The van der Waals surface area contributed by atoms with Crippen molar-refractivity contribution in [1.29, 1.82) is 0 Å². The Labute approximate surface area is 132 Å². The number of benzene rings is 1. The molecule has 0 unspecified atom stereocenters. The van der Waals surface area contributed by atoms with Crippen LogP contribution in [0.1, 0.15) is 18.2 Å². The third kappa shape index (κ3) is 3.87. The van der Waals surface area contributed by atoms with Crippen LogP contribution in [0.25, 0.3) is 0 Å². The topological polar surface area (TPSA) is 31.4 Å². The van der Waals surface area contributed by atoms with Crippen molar-refractivity contribution in [2.75, 3.05) is 6.61 Å². The molecular formula is C15H15BrClNO2. The van der Waals surface area contributed by atoms with Crippen molar-refractivity contribution in [3.63, 3.8) is 0 Å². The first kappa shape index (κ1) is 15.1. The minimum Gasteiger partial charge on any atom is -0.490 e. The molecule has 2 rings (SSSR count). The van der Waals surface area contributed by atoms with Gasteiger partial charge in [-0.15, -0.1) is 11.6 Å². The summed E-state index contributed by atoms with van der Waals surface area (Å²) in [7, 11) is 0. The molecule has 0 fully saturated rings. The van der Waals surface area contributed by atoms with E-state index in [2.05, 4.69) is 20.9 Å². The Balaban J connectivity index is 2.16. The van der Waals surface area contributed by atoms with Crippen LogP contribution in [-0.2, 0) is 12.5 Å². The van der Waals surface area contributed by atoms with E-state index in [1.807, 2.05) is 37.3 Å². The summed E-state index contributed by atoms with van der Waals surface area (Å²) in [6.45, 7) is 2.90. The highest BCUT2D eigenvalue weighted by Crippen LogP contribution is 2.33. The molecule has 0 atom stereocenters. The van der Waals surface area contributed by atoms with E-state index < -0.39 is 0 Å². The molecule has 0 N–H and O–H groups in total. The molecule has 0 amide bonds. The number of aromatic nitrogens is 1. The molecule has 0 aliphatic rings. The summed E-state index contributed by atoms with van der Waals surface area (Å²) in [4.78, 5) is 4.28. The second-order valence-corrected chi connectivity index (χ2v) is 5.25. The standard InChI is InChI=1S/C15H15BrClNO2/c1-2-19-14-5-3-4-11(8-17)15(14)20-10-13-7-6-12(16)9-18-13/h3-7,9H,2,8,10H2,1H3. The van der Waals surface area contributed by atoms with Gasteiger partial charge in [-0.25, -0.2) is 0 Å². The lowest BCUT2D eigenvalue weighted by molar-refractivity contribution is 0.264. The average molecular weight is 357 g/mol. The molecule has 0 saturated carbocycles. The fourth-order valence-corrected chi connectivity index (χ4v) is 2.18. The Kier molecular flexibility index (Phi) is 5.68. The molecule has 0 saturated heterocycles. The summed E-state index contributed by atoms with van der Waals surface area (Å²) >= 11 is 9.31. The maximum Gasteiger partial charge on any atom is 0.166 e. The van der Waals surface area contributed by atoms with Crippen LogP contribution in [-0.4, -0.2) is 11.6 Å². The van der Waals surface area contributed by atoms with Crippen molar-refractivity contribution in [2.24, 2.45) is 0 Å². The molecule has 1 aromatic heterocycles. The van der Waals surface area contributed by atoms with Crippen LogP contribution in [0, 0.1) is 0 Å². The highest BCUT2D eigenvalue weighted by atomic mass is 79.9. The Morgan fingerprint density at radius 1 is 1.20 bits per heavy atom. The lowest BCUT2D eigenvalue weighted by atomic mass is 10.2. The van der Waals surface area contributed by atoms with E-state index in [0.717, 1.165) is 15.7 Å². The monoisotopic (exact) mass is 355 g/mol. The van der Waals surface area contributed by atoms with E-state index >= 15 is 0 Å². The average Bonchev–Trinajstić information content (AvgIpc) is 2.47. The minimum absolute atomic E-state index is 0.376. The molecule has 5 heteroatoms. The second-order valence-electron chi connectivity index (χ2n) is 4.07. The van der Waals surface area contributed by atoms with Crippen LogP contribution in [0.15, 0.2) is 41.0 Å². The lowest BCUT2D eigenvalue weighted by Crippen LogP contribution is -2.03. The molecule has 1 aromatic carbocycles. The van der Waals surface area contributed by atoms with E-state index in [-0.39, 0.29) is 0 Å². The first-order chi connectivity index (χ1) is 9.74. The number of hydrogen-bond donors (Lipinski definition) is 0. The number of hydrogen-bond acceptors (Lipinski definition) is 3. The quantitative estimate of drug-likeness (QED) is 0.711. The SMILES string of the molecule is CCOc1cccc(CCl)c1OCc1ccc(Br)cn1. The smallest absolute Gasteiger partial charge is 0.166 e. The molecule has 0 radical (unpaired) electrons. The maximum atomic E-state index is 5.95. The number of pyridine rings is 1. The molecule has 1 heterocycles. The minimum atomic E-state index is 0.376. The Hall–Kier alpha value is -1.26. The number of para-hydroxylation sites is 1. The lowest BCUT2D eigenvalue weighted by Gasteiger charge is -2.14. The van der Waals surface area contributed by atoms with Crippen LogP contribution in [0.4, 0.5) is 0 Å². The van der Waals surface area contributed by atoms with E-state index in [1.54, 1.807) is 6.20 Å². The second kappa shape index (κ2) is 7.50. The van der Waals surface area contributed by atoms with E-state index in [4.69, 9.17) is 21.1 Å². The van der Waals surface area contributed by atoms with Gasteiger partial charge in [-0.1, -0.05) is 12.1 Å². The van der Waals surface area contributed by atoms with E-state index in [1.165, 1.54) is 0 Å². The van der Waals surface area contributed by atoms with Crippen molar-refractivity contribution < 1.29 is 9.47 Å². The Morgan fingerprint density at radius 3 is 2.70 bits per heavy atom. The third-order valence-electron chi connectivity index (χ3n) is 2.66. The first-order valence-corrected chi connectivity index (χ1v) is 7.61. The zero-order valence-electron chi connectivity index (χ0n) is 11.1. The van der Waals surface area contributed by atoms with Gasteiger partial charge in [0.25, 0.3) is 0 Å². The summed E-state index contributed by atoms with van der Waals surface area (Å²) in [6, 6.07) is 9.56. The third-order valence-corrected chi connectivity index (χ3v) is 3.41. The molecular weight excluding hydrogens is 342 g/mol. The van der Waals surface area contributed by atoms with Crippen LogP contribution in [0.2, 0.25) is 0 Å². The number of alkyl halides is 1. The molecule has 0 spiro atoms. The summed E-state index contributed by atoms with van der Waals surface area (Å²) in [5, 5.41) is 0.